The van der Waals surface area contributed by atoms with Crippen LogP contribution in [0, 0.1) is 10.1 Å². The summed E-state index contributed by atoms with van der Waals surface area (Å²) in [7, 11) is 0. The van der Waals surface area contributed by atoms with Crippen LogP contribution in [0.5, 0.6) is 0 Å². The molecule has 0 atom stereocenters. The smallest absolute Gasteiger partial charge is 0.253 e. The summed E-state index contributed by atoms with van der Waals surface area (Å²) in [6, 6.07) is 9.38. The third-order valence-electron chi connectivity index (χ3n) is 1.52. The monoisotopic (exact) mass is 178 g/mol. The maximum Gasteiger partial charge on any atom is 0.253 e. The second-order valence-electron chi connectivity index (χ2n) is 2.65. The van der Waals surface area contributed by atoms with Crippen molar-refractivity contribution in [3.63, 3.8) is 0 Å². The predicted molar refractivity (Wildman–Crippen MR) is 49.4 cm³/mol. The van der Waals surface area contributed by atoms with E-state index in [9.17, 15) is 10.1 Å². The molecule has 0 aliphatic carbocycles. The zero-order valence-electron chi connectivity index (χ0n) is 7.01. The van der Waals surface area contributed by atoms with Gasteiger partial charge in [0.1, 0.15) is 0 Å². The lowest BCUT2D eigenvalue weighted by molar-refractivity contribution is -0.403. The molecule has 4 heteroatoms. The lowest BCUT2D eigenvalue weighted by Gasteiger charge is -1.97. The van der Waals surface area contributed by atoms with Crippen LogP contribution in [0.1, 0.15) is 5.56 Å². The van der Waals surface area contributed by atoms with Gasteiger partial charge in [0.15, 0.2) is 0 Å². The highest BCUT2D eigenvalue weighted by Gasteiger charge is 1.98. The molecule has 0 saturated carbocycles. The Kier molecular flexibility index (Phi) is 3.03. The highest BCUT2D eigenvalue weighted by molar-refractivity contribution is 5.19. The van der Waals surface area contributed by atoms with Gasteiger partial charge in [0.2, 0.25) is 0 Å². The van der Waals surface area contributed by atoms with Crippen LogP contribution < -0.4 is 5.73 Å². The molecule has 0 aromatic heterocycles. The minimum atomic E-state index is -0.543. The fraction of sp³-hybridized carbons (Fsp3) is 0.111. The standard InChI is InChI=1S/C9H10N2O2/c10-9(7-11(12)13)6-8-4-2-1-3-5-8/h1-5,7H,6,10H2/b9-7+. The molecule has 0 aliphatic heterocycles. The highest BCUT2D eigenvalue weighted by atomic mass is 16.6. The molecular formula is C9H10N2O2. The number of allylic oxidation sites excluding steroid dienone is 1. The van der Waals surface area contributed by atoms with E-state index in [4.69, 9.17) is 5.73 Å². The highest BCUT2D eigenvalue weighted by Crippen LogP contribution is 2.03. The summed E-state index contributed by atoms with van der Waals surface area (Å²) in [5, 5.41) is 10.0. The van der Waals surface area contributed by atoms with E-state index in [1.54, 1.807) is 0 Å². The van der Waals surface area contributed by atoms with Gasteiger partial charge in [-0.1, -0.05) is 30.3 Å². The number of nitrogens with two attached hydrogens (primary N) is 1. The van der Waals surface area contributed by atoms with Gasteiger partial charge in [-0.25, -0.2) is 0 Å². The van der Waals surface area contributed by atoms with Crippen molar-refractivity contribution in [1.82, 2.24) is 0 Å². The summed E-state index contributed by atoms with van der Waals surface area (Å²) in [5.74, 6) is 0. The molecule has 0 heterocycles. The van der Waals surface area contributed by atoms with Crippen LogP contribution in [0.4, 0.5) is 0 Å². The first-order chi connectivity index (χ1) is 6.18. The van der Waals surface area contributed by atoms with Gasteiger partial charge in [-0.15, -0.1) is 0 Å². The molecule has 0 fully saturated rings. The SMILES string of the molecule is N/C(=C/[N+](=O)[O-])Cc1ccccc1. The Morgan fingerprint density at radius 1 is 1.46 bits per heavy atom. The van der Waals surface area contributed by atoms with Crippen LogP contribution in [0.25, 0.3) is 0 Å². The molecule has 0 saturated heterocycles. The summed E-state index contributed by atoms with van der Waals surface area (Å²) in [6.45, 7) is 0. The van der Waals surface area contributed by atoms with Crippen LogP contribution in [-0.2, 0) is 6.42 Å². The van der Waals surface area contributed by atoms with E-state index in [-0.39, 0.29) is 5.70 Å². The molecule has 0 amide bonds. The Morgan fingerprint density at radius 3 is 2.62 bits per heavy atom. The number of rotatable bonds is 3. The average molecular weight is 178 g/mol. The van der Waals surface area contributed by atoms with E-state index in [0.717, 1.165) is 11.8 Å². The first kappa shape index (κ1) is 9.25. The molecular weight excluding hydrogens is 168 g/mol. The van der Waals surface area contributed by atoms with E-state index in [0.29, 0.717) is 6.42 Å². The lowest BCUT2D eigenvalue weighted by Crippen LogP contribution is -2.04. The van der Waals surface area contributed by atoms with Gasteiger partial charge in [-0.3, -0.25) is 10.1 Å². The van der Waals surface area contributed by atoms with Crippen molar-refractivity contribution in [2.75, 3.05) is 0 Å². The molecule has 1 aromatic carbocycles. The second kappa shape index (κ2) is 4.25. The van der Waals surface area contributed by atoms with E-state index in [1.807, 2.05) is 30.3 Å². The molecule has 2 N–H and O–H groups in total. The van der Waals surface area contributed by atoms with Crippen LogP contribution >= 0.6 is 0 Å². The predicted octanol–water partition coefficient (Wildman–Crippen LogP) is 1.31. The minimum absolute atomic E-state index is 0.260. The van der Waals surface area contributed by atoms with Crippen LogP contribution in [-0.4, -0.2) is 4.92 Å². The normalized spacial score (nSPS) is 11.2. The number of hydrogen-bond acceptors (Lipinski definition) is 3. The number of benzene rings is 1. The van der Waals surface area contributed by atoms with Gasteiger partial charge in [-0.05, 0) is 5.56 Å². The molecule has 0 spiro atoms. The van der Waals surface area contributed by atoms with E-state index in [2.05, 4.69) is 0 Å². The Bertz CT molecular complexity index is 320. The zero-order valence-corrected chi connectivity index (χ0v) is 7.01. The zero-order chi connectivity index (χ0) is 9.68. The molecule has 0 radical (unpaired) electrons. The summed E-state index contributed by atoms with van der Waals surface area (Å²) in [4.78, 5) is 9.51. The van der Waals surface area contributed by atoms with E-state index in [1.165, 1.54) is 0 Å². The van der Waals surface area contributed by atoms with Crippen LogP contribution in [0.3, 0.4) is 0 Å². The number of nitrogens with zero attached hydrogens (tertiary/aromatic N) is 1. The van der Waals surface area contributed by atoms with Crippen molar-refractivity contribution in [3.05, 3.63) is 57.9 Å². The van der Waals surface area contributed by atoms with Gasteiger partial charge in [0.05, 0.1) is 10.6 Å². The molecule has 13 heavy (non-hydrogen) atoms. The first-order valence-corrected chi connectivity index (χ1v) is 3.82. The average Bonchev–Trinajstić information content (AvgIpc) is 2.04. The quantitative estimate of drug-likeness (QED) is 0.560. The van der Waals surface area contributed by atoms with Crippen molar-refractivity contribution in [2.24, 2.45) is 5.73 Å². The fourth-order valence-corrected chi connectivity index (χ4v) is 1.01. The Hall–Kier alpha value is -1.84. The molecule has 0 aliphatic rings. The fourth-order valence-electron chi connectivity index (χ4n) is 1.01. The second-order valence-corrected chi connectivity index (χ2v) is 2.65. The number of hydrogen-bond donors (Lipinski definition) is 1. The minimum Gasteiger partial charge on any atom is -0.397 e. The summed E-state index contributed by atoms with van der Waals surface area (Å²) in [6.07, 6.45) is 1.24. The molecule has 1 aromatic rings. The van der Waals surface area contributed by atoms with Gasteiger partial charge in [-0.2, -0.15) is 0 Å². The van der Waals surface area contributed by atoms with E-state index >= 15 is 0 Å². The van der Waals surface area contributed by atoms with Gasteiger partial charge in [0.25, 0.3) is 6.20 Å². The van der Waals surface area contributed by atoms with Crippen LogP contribution in [0.15, 0.2) is 42.2 Å². The number of nitro groups is 1. The van der Waals surface area contributed by atoms with Gasteiger partial charge < -0.3 is 5.73 Å². The van der Waals surface area contributed by atoms with Crippen molar-refractivity contribution < 1.29 is 4.92 Å². The van der Waals surface area contributed by atoms with Crippen molar-refractivity contribution >= 4 is 0 Å². The topological polar surface area (TPSA) is 69.2 Å². The van der Waals surface area contributed by atoms with Crippen LogP contribution in [0.2, 0.25) is 0 Å². The van der Waals surface area contributed by atoms with Gasteiger partial charge in [0, 0.05) is 6.42 Å². The largest absolute Gasteiger partial charge is 0.397 e. The lowest BCUT2D eigenvalue weighted by atomic mass is 10.1. The summed E-state index contributed by atoms with van der Waals surface area (Å²) >= 11 is 0. The molecule has 4 nitrogen and oxygen atoms in total. The third-order valence-corrected chi connectivity index (χ3v) is 1.52. The Morgan fingerprint density at radius 2 is 2.08 bits per heavy atom. The Labute approximate surface area is 75.8 Å². The summed E-state index contributed by atoms with van der Waals surface area (Å²) < 4.78 is 0. The van der Waals surface area contributed by atoms with Gasteiger partial charge >= 0.3 is 0 Å². The van der Waals surface area contributed by atoms with Crippen molar-refractivity contribution in [1.29, 1.82) is 0 Å². The molecule has 0 bridgehead atoms. The third kappa shape index (κ3) is 3.37. The molecule has 1 rings (SSSR count). The van der Waals surface area contributed by atoms with Crippen molar-refractivity contribution in [3.8, 4) is 0 Å². The maximum atomic E-state index is 10.0. The summed E-state index contributed by atoms with van der Waals surface area (Å²) in [5.41, 5.74) is 6.66. The molecule has 68 valence electrons. The van der Waals surface area contributed by atoms with Crippen molar-refractivity contribution in [2.45, 2.75) is 6.42 Å². The Balaban J connectivity index is 2.65. The molecule has 0 unspecified atom stereocenters. The first-order valence-electron chi connectivity index (χ1n) is 3.82. The maximum absolute atomic E-state index is 10.0. The van der Waals surface area contributed by atoms with E-state index < -0.39 is 4.92 Å².